The van der Waals surface area contributed by atoms with E-state index in [9.17, 15) is 9.59 Å². The van der Waals surface area contributed by atoms with Crippen LogP contribution in [0.1, 0.15) is 20.3 Å². The summed E-state index contributed by atoms with van der Waals surface area (Å²) < 4.78 is 10.5. The number of ether oxygens (including phenoxy) is 2. The highest BCUT2D eigenvalue weighted by Gasteiger charge is 2.25. The first-order valence-corrected chi connectivity index (χ1v) is 7.96. The van der Waals surface area contributed by atoms with E-state index >= 15 is 0 Å². The predicted molar refractivity (Wildman–Crippen MR) is 90.0 cm³/mol. The van der Waals surface area contributed by atoms with E-state index < -0.39 is 24.1 Å². The second kappa shape index (κ2) is 9.36. The molecule has 1 amide bonds. The zero-order valence-electron chi connectivity index (χ0n) is 13.6. The first kappa shape index (κ1) is 20.1. The van der Waals surface area contributed by atoms with Crippen molar-refractivity contribution in [1.29, 1.82) is 5.26 Å². The maximum Gasteiger partial charge on any atom is 0.347 e. The van der Waals surface area contributed by atoms with Gasteiger partial charge in [-0.25, -0.2) is 4.79 Å². The Labute approximate surface area is 150 Å². The number of nitrogens with zero attached hydrogens (tertiary/aromatic N) is 2. The third-order valence-electron chi connectivity index (χ3n) is 3.11. The number of amides is 1. The number of benzene rings is 1. The lowest BCUT2D eigenvalue weighted by atomic mass is 10.3. The summed E-state index contributed by atoms with van der Waals surface area (Å²) in [6.07, 6.45) is -1.73. The molecule has 24 heavy (non-hydrogen) atoms. The van der Waals surface area contributed by atoms with Gasteiger partial charge in [-0.15, -0.1) is 0 Å². The van der Waals surface area contributed by atoms with Gasteiger partial charge < -0.3 is 14.4 Å². The summed E-state index contributed by atoms with van der Waals surface area (Å²) in [4.78, 5) is 25.4. The molecule has 130 valence electrons. The second-order valence-electron chi connectivity index (χ2n) is 5.08. The Morgan fingerprint density at radius 1 is 1.29 bits per heavy atom. The van der Waals surface area contributed by atoms with Crippen LogP contribution in [-0.4, -0.2) is 42.6 Å². The van der Waals surface area contributed by atoms with Gasteiger partial charge in [0.2, 0.25) is 0 Å². The Balaban J connectivity index is 2.60. The largest absolute Gasteiger partial charge is 0.477 e. The van der Waals surface area contributed by atoms with Crippen LogP contribution < -0.4 is 4.74 Å². The second-order valence-corrected chi connectivity index (χ2v) is 5.93. The van der Waals surface area contributed by atoms with Crippen LogP contribution in [0, 0.1) is 11.3 Å². The third-order valence-corrected chi connectivity index (χ3v) is 3.64. The molecular weight excluding hydrogens is 355 g/mol. The molecule has 0 aliphatic carbocycles. The van der Waals surface area contributed by atoms with Gasteiger partial charge in [0.05, 0.1) is 17.5 Å². The molecule has 0 aliphatic rings. The molecule has 0 spiro atoms. The number of likely N-dealkylation sites (N-methyl/N-ethyl adjacent to an activating group) is 1. The highest BCUT2D eigenvalue weighted by atomic mass is 35.5. The number of rotatable bonds is 7. The summed E-state index contributed by atoms with van der Waals surface area (Å²) in [5.74, 6) is -0.804. The number of hydrogen-bond donors (Lipinski definition) is 0. The van der Waals surface area contributed by atoms with Gasteiger partial charge in [0, 0.05) is 18.6 Å². The van der Waals surface area contributed by atoms with E-state index in [1.165, 1.54) is 31.9 Å². The van der Waals surface area contributed by atoms with Gasteiger partial charge >= 0.3 is 5.97 Å². The molecule has 1 aromatic carbocycles. The van der Waals surface area contributed by atoms with E-state index in [0.717, 1.165) is 0 Å². The Kier molecular flexibility index (Phi) is 7.83. The minimum atomic E-state index is -0.979. The molecule has 0 bridgehead atoms. The maximum atomic E-state index is 12.0. The van der Waals surface area contributed by atoms with Gasteiger partial charge in [0.25, 0.3) is 5.91 Å². The molecule has 0 fully saturated rings. The van der Waals surface area contributed by atoms with Crippen LogP contribution in [0.2, 0.25) is 10.0 Å². The average Bonchev–Trinajstić information content (AvgIpc) is 2.54. The van der Waals surface area contributed by atoms with Crippen molar-refractivity contribution < 1.29 is 19.1 Å². The Morgan fingerprint density at radius 3 is 2.54 bits per heavy atom. The molecule has 1 aromatic rings. The lowest BCUT2D eigenvalue weighted by Crippen LogP contribution is -2.40. The van der Waals surface area contributed by atoms with E-state index in [1.54, 1.807) is 12.1 Å². The maximum absolute atomic E-state index is 12.0. The van der Waals surface area contributed by atoms with Crippen molar-refractivity contribution in [2.45, 2.75) is 32.5 Å². The van der Waals surface area contributed by atoms with E-state index in [4.69, 9.17) is 37.9 Å². The highest BCUT2D eigenvalue weighted by Crippen LogP contribution is 2.28. The van der Waals surface area contributed by atoms with Crippen molar-refractivity contribution in [2.24, 2.45) is 0 Å². The molecule has 8 heteroatoms. The summed E-state index contributed by atoms with van der Waals surface area (Å²) in [7, 11) is 1.54. The molecule has 1 rings (SSSR count). The monoisotopic (exact) mass is 372 g/mol. The van der Waals surface area contributed by atoms with Gasteiger partial charge in [-0.1, -0.05) is 23.2 Å². The number of carbonyl (C=O) groups is 2. The third kappa shape index (κ3) is 5.91. The zero-order valence-corrected chi connectivity index (χ0v) is 15.1. The zero-order chi connectivity index (χ0) is 18.3. The van der Waals surface area contributed by atoms with Crippen LogP contribution in [0.25, 0.3) is 0 Å². The smallest absolute Gasteiger partial charge is 0.347 e. The van der Waals surface area contributed by atoms with Crippen molar-refractivity contribution >= 4 is 35.1 Å². The lowest BCUT2D eigenvalue weighted by molar-refractivity contribution is -0.163. The van der Waals surface area contributed by atoms with Crippen molar-refractivity contribution in [2.75, 3.05) is 13.6 Å². The van der Waals surface area contributed by atoms with E-state index in [2.05, 4.69) is 0 Å². The summed E-state index contributed by atoms with van der Waals surface area (Å²) in [6, 6.07) is 6.56. The minimum Gasteiger partial charge on any atom is -0.477 e. The number of hydrogen-bond acceptors (Lipinski definition) is 5. The van der Waals surface area contributed by atoms with Crippen LogP contribution in [0.15, 0.2) is 18.2 Å². The topological polar surface area (TPSA) is 79.6 Å². The predicted octanol–water partition coefficient (Wildman–Crippen LogP) is 3.06. The van der Waals surface area contributed by atoms with E-state index in [-0.39, 0.29) is 23.7 Å². The lowest BCUT2D eigenvalue weighted by Gasteiger charge is -2.22. The molecule has 0 aromatic heterocycles. The van der Waals surface area contributed by atoms with Crippen LogP contribution in [0.3, 0.4) is 0 Å². The van der Waals surface area contributed by atoms with Gasteiger partial charge in [0.15, 0.2) is 12.2 Å². The van der Waals surface area contributed by atoms with Crippen LogP contribution in [0.5, 0.6) is 5.75 Å². The first-order valence-electron chi connectivity index (χ1n) is 7.20. The molecule has 0 heterocycles. The summed E-state index contributed by atoms with van der Waals surface area (Å²) in [5.41, 5.74) is 0. The average molecular weight is 373 g/mol. The summed E-state index contributed by atoms with van der Waals surface area (Å²) in [6.45, 7) is 3.22. The Hall–Kier alpha value is -1.97. The molecule has 0 saturated heterocycles. The van der Waals surface area contributed by atoms with Crippen LogP contribution in [-0.2, 0) is 14.3 Å². The number of carbonyl (C=O) groups excluding carboxylic acids is 2. The normalized spacial score (nSPS) is 12.7. The summed E-state index contributed by atoms with van der Waals surface area (Å²) >= 11 is 11.8. The van der Waals surface area contributed by atoms with Gasteiger partial charge in [-0.2, -0.15) is 5.26 Å². The molecule has 6 nitrogen and oxygen atoms in total. The van der Waals surface area contributed by atoms with Crippen molar-refractivity contribution in [3.63, 3.8) is 0 Å². The highest BCUT2D eigenvalue weighted by molar-refractivity contribution is 6.35. The molecule has 0 saturated carbocycles. The number of halogens is 2. The van der Waals surface area contributed by atoms with Crippen LogP contribution >= 0.6 is 23.2 Å². The Bertz CT molecular complexity index is 645. The van der Waals surface area contributed by atoms with Crippen molar-refractivity contribution in [3.8, 4) is 11.8 Å². The fourth-order valence-electron chi connectivity index (χ4n) is 1.77. The molecular formula is C16H18Cl2N2O4. The van der Waals surface area contributed by atoms with Gasteiger partial charge in [-0.05, 0) is 32.0 Å². The van der Waals surface area contributed by atoms with E-state index in [1.807, 2.05) is 6.07 Å². The van der Waals surface area contributed by atoms with Crippen molar-refractivity contribution in [3.05, 3.63) is 28.2 Å². The molecule has 0 N–H and O–H groups in total. The Morgan fingerprint density at radius 2 is 1.96 bits per heavy atom. The SMILES string of the molecule is C[C@H](OC(=O)[C@@H](C)Oc1ccc(Cl)cc1Cl)C(=O)N(C)CCC#N. The standard InChI is InChI=1S/C16H18Cl2N2O4/c1-10(15(21)20(3)8-4-7-19)24-16(22)11(2)23-14-6-5-12(17)9-13(14)18/h5-6,9-11H,4,8H2,1-3H3/t10-,11+/m0/s1. The molecule has 0 radical (unpaired) electrons. The minimum absolute atomic E-state index is 0.206. The quantitative estimate of drug-likeness (QED) is 0.687. The van der Waals surface area contributed by atoms with Gasteiger partial charge in [-0.3, -0.25) is 4.79 Å². The molecule has 0 unspecified atom stereocenters. The summed E-state index contributed by atoms with van der Waals surface area (Å²) in [5, 5.41) is 9.24. The van der Waals surface area contributed by atoms with Gasteiger partial charge in [0.1, 0.15) is 5.75 Å². The van der Waals surface area contributed by atoms with Crippen molar-refractivity contribution in [1.82, 2.24) is 4.90 Å². The van der Waals surface area contributed by atoms with E-state index in [0.29, 0.717) is 5.02 Å². The number of nitriles is 1. The van der Waals surface area contributed by atoms with Crippen LogP contribution in [0.4, 0.5) is 0 Å². The fraction of sp³-hybridized carbons (Fsp3) is 0.438. The number of esters is 1. The molecule has 2 atom stereocenters. The fourth-order valence-corrected chi connectivity index (χ4v) is 2.22. The molecule has 0 aliphatic heterocycles. The first-order chi connectivity index (χ1) is 11.3.